The molecule has 0 aliphatic heterocycles. The molecule has 0 aliphatic carbocycles. The van der Waals surface area contributed by atoms with Crippen molar-refractivity contribution in [2.75, 3.05) is 5.32 Å². The van der Waals surface area contributed by atoms with Gasteiger partial charge in [0.05, 0.1) is 0 Å². The molecule has 0 amide bonds. The average molecular weight is 386 g/mol. The highest BCUT2D eigenvalue weighted by molar-refractivity contribution is 6.31. The Kier molecular flexibility index (Phi) is 4.60. The van der Waals surface area contributed by atoms with Gasteiger partial charge in [0.25, 0.3) is 0 Å². The third-order valence-electron chi connectivity index (χ3n) is 3.61. The van der Waals surface area contributed by atoms with Gasteiger partial charge in [0, 0.05) is 15.7 Å². The van der Waals surface area contributed by atoms with Crippen LogP contribution in [0.3, 0.4) is 0 Å². The lowest BCUT2D eigenvalue weighted by Gasteiger charge is -2.07. The fraction of sp³-hybridized carbons (Fsp3) is 0.0556. The third kappa shape index (κ3) is 3.71. The lowest BCUT2D eigenvalue weighted by molar-refractivity contribution is 0.292. The summed E-state index contributed by atoms with van der Waals surface area (Å²) >= 11 is 11.9. The highest BCUT2D eigenvalue weighted by Crippen LogP contribution is 2.20. The molecule has 4 aromatic rings. The van der Waals surface area contributed by atoms with Crippen LogP contribution in [0, 0.1) is 0 Å². The van der Waals surface area contributed by atoms with Crippen molar-refractivity contribution in [3.05, 3.63) is 76.5 Å². The Morgan fingerprint density at radius 1 is 0.923 bits per heavy atom. The predicted molar refractivity (Wildman–Crippen MR) is 101 cm³/mol. The standard InChI is InChI=1S/C18H13Cl2N5O/c19-12-4-6-15(7-5-12)26-11-18-23-22-17-9-8-16(24-25(17)18)21-14-3-1-2-13(20)10-14/h1-10H,11H2,(H,21,24). The second-order valence-electron chi connectivity index (χ2n) is 5.48. The largest absolute Gasteiger partial charge is 0.486 e. The van der Waals surface area contributed by atoms with Gasteiger partial charge >= 0.3 is 0 Å². The minimum absolute atomic E-state index is 0.233. The van der Waals surface area contributed by atoms with E-state index in [4.69, 9.17) is 27.9 Å². The summed E-state index contributed by atoms with van der Waals surface area (Å²) in [5, 5.41) is 17.3. The first-order valence-corrected chi connectivity index (χ1v) is 8.55. The van der Waals surface area contributed by atoms with Crippen LogP contribution in [0.15, 0.2) is 60.7 Å². The quantitative estimate of drug-likeness (QED) is 0.536. The molecule has 2 aromatic carbocycles. The minimum Gasteiger partial charge on any atom is -0.486 e. The van der Waals surface area contributed by atoms with Gasteiger partial charge < -0.3 is 10.1 Å². The number of ether oxygens (including phenoxy) is 1. The highest BCUT2D eigenvalue weighted by atomic mass is 35.5. The fourth-order valence-corrected chi connectivity index (χ4v) is 2.70. The number of rotatable bonds is 5. The first kappa shape index (κ1) is 16.6. The number of hydrogen-bond donors (Lipinski definition) is 1. The van der Waals surface area contributed by atoms with Crippen LogP contribution in [0.2, 0.25) is 10.0 Å². The monoisotopic (exact) mass is 385 g/mol. The van der Waals surface area contributed by atoms with E-state index in [1.165, 1.54) is 0 Å². The molecule has 1 N–H and O–H groups in total. The zero-order chi connectivity index (χ0) is 17.9. The van der Waals surface area contributed by atoms with Crippen molar-refractivity contribution < 1.29 is 4.74 Å². The first-order valence-electron chi connectivity index (χ1n) is 7.80. The molecule has 0 saturated heterocycles. The maximum Gasteiger partial charge on any atom is 0.192 e. The number of fused-ring (bicyclic) bond motifs is 1. The zero-order valence-electron chi connectivity index (χ0n) is 13.4. The molecule has 0 atom stereocenters. The summed E-state index contributed by atoms with van der Waals surface area (Å²) in [5.74, 6) is 1.93. The molecular weight excluding hydrogens is 373 g/mol. The lowest BCUT2D eigenvalue weighted by atomic mass is 10.3. The number of aromatic nitrogens is 4. The topological polar surface area (TPSA) is 64.3 Å². The van der Waals surface area contributed by atoms with E-state index in [1.807, 2.05) is 36.4 Å². The van der Waals surface area contributed by atoms with Crippen molar-refractivity contribution in [1.29, 1.82) is 0 Å². The van der Waals surface area contributed by atoms with Gasteiger partial charge in [-0.2, -0.15) is 4.52 Å². The molecule has 2 heterocycles. The maximum atomic E-state index is 6.01. The number of halogens is 2. The molecule has 0 unspecified atom stereocenters. The first-order chi connectivity index (χ1) is 12.7. The lowest BCUT2D eigenvalue weighted by Crippen LogP contribution is -2.05. The summed E-state index contributed by atoms with van der Waals surface area (Å²) < 4.78 is 7.37. The van der Waals surface area contributed by atoms with E-state index in [0.29, 0.717) is 33.1 Å². The van der Waals surface area contributed by atoms with Gasteiger partial charge in [-0.1, -0.05) is 29.3 Å². The van der Waals surface area contributed by atoms with Gasteiger partial charge in [0.2, 0.25) is 0 Å². The average Bonchev–Trinajstić information content (AvgIpc) is 3.04. The van der Waals surface area contributed by atoms with Crippen LogP contribution >= 0.6 is 23.2 Å². The molecule has 0 fully saturated rings. The summed E-state index contributed by atoms with van der Waals surface area (Å²) in [7, 11) is 0. The second kappa shape index (κ2) is 7.19. The molecule has 4 rings (SSSR count). The Morgan fingerprint density at radius 3 is 2.58 bits per heavy atom. The molecule has 0 radical (unpaired) electrons. The Hall–Kier alpha value is -2.83. The maximum absolute atomic E-state index is 6.01. The smallest absolute Gasteiger partial charge is 0.192 e. The number of hydrogen-bond acceptors (Lipinski definition) is 5. The van der Waals surface area contributed by atoms with Crippen molar-refractivity contribution in [3.8, 4) is 5.75 Å². The molecule has 26 heavy (non-hydrogen) atoms. The second-order valence-corrected chi connectivity index (χ2v) is 6.36. The van der Waals surface area contributed by atoms with E-state index in [0.717, 1.165) is 5.69 Å². The van der Waals surface area contributed by atoms with Gasteiger partial charge in [-0.05, 0) is 54.6 Å². The van der Waals surface area contributed by atoms with Crippen molar-refractivity contribution >= 4 is 40.4 Å². The molecule has 8 heteroatoms. The van der Waals surface area contributed by atoms with Gasteiger partial charge in [-0.15, -0.1) is 15.3 Å². The van der Waals surface area contributed by atoms with Gasteiger partial charge in [-0.3, -0.25) is 0 Å². The summed E-state index contributed by atoms with van der Waals surface area (Å²) in [6.45, 7) is 0.233. The zero-order valence-corrected chi connectivity index (χ0v) is 14.9. The van der Waals surface area contributed by atoms with Crippen molar-refractivity contribution in [2.45, 2.75) is 6.61 Å². The van der Waals surface area contributed by atoms with E-state index in [2.05, 4.69) is 20.6 Å². The van der Waals surface area contributed by atoms with E-state index in [1.54, 1.807) is 28.8 Å². The normalized spacial score (nSPS) is 10.8. The summed E-state index contributed by atoms with van der Waals surface area (Å²) in [4.78, 5) is 0. The van der Waals surface area contributed by atoms with E-state index in [9.17, 15) is 0 Å². The molecule has 0 spiro atoms. The van der Waals surface area contributed by atoms with Crippen LogP contribution in [0.5, 0.6) is 5.75 Å². The van der Waals surface area contributed by atoms with Crippen molar-refractivity contribution in [3.63, 3.8) is 0 Å². The fourth-order valence-electron chi connectivity index (χ4n) is 2.38. The molecule has 0 bridgehead atoms. The SMILES string of the molecule is Clc1ccc(OCc2nnc3ccc(Nc4cccc(Cl)c4)nn23)cc1. The van der Waals surface area contributed by atoms with Crippen molar-refractivity contribution in [2.24, 2.45) is 0 Å². The van der Waals surface area contributed by atoms with Crippen LogP contribution in [-0.4, -0.2) is 19.8 Å². The Balaban J connectivity index is 1.55. The van der Waals surface area contributed by atoms with Gasteiger partial charge in [-0.25, -0.2) is 0 Å². The van der Waals surface area contributed by atoms with Crippen LogP contribution in [0.1, 0.15) is 5.82 Å². The summed E-state index contributed by atoms with van der Waals surface area (Å²) in [6.07, 6.45) is 0. The number of benzene rings is 2. The molecule has 6 nitrogen and oxygen atoms in total. The molecule has 0 aliphatic rings. The molecule has 2 aromatic heterocycles. The van der Waals surface area contributed by atoms with Crippen LogP contribution < -0.4 is 10.1 Å². The molecule has 130 valence electrons. The third-order valence-corrected chi connectivity index (χ3v) is 4.09. The Labute approximate surface area is 159 Å². The predicted octanol–water partition coefficient (Wildman–Crippen LogP) is 4.75. The number of nitrogens with zero attached hydrogens (tertiary/aromatic N) is 4. The summed E-state index contributed by atoms with van der Waals surface area (Å²) in [5.41, 5.74) is 1.48. The molecule has 0 saturated carbocycles. The number of nitrogens with one attached hydrogen (secondary N) is 1. The van der Waals surface area contributed by atoms with E-state index < -0.39 is 0 Å². The van der Waals surface area contributed by atoms with Crippen LogP contribution in [-0.2, 0) is 6.61 Å². The van der Waals surface area contributed by atoms with E-state index in [-0.39, 0.29) is 6.61 Å². The van der Waals surface area contributed by atoms with Gasteiger partial charge in [0.15, 0.2) is 17.3 Å². The van der Waals surface area contributed by atoms with Crippen LogP contribution in [0.4, 0.5) is 11.5 Å². The molecular formula is C18H13Cl2N5O. The Bertz CT molecular complexity index is 1050. The van der Waals surface area contributed by atoms with Gasteiger partial charge in [0.1, 0.15) is 12.4 Å². The Morgan fingerprint density at radius 2 is 1.77 bits per heavy atom. The van der Waals surface area contributed by atoms with E-state index >= 15 is 0 Å². The summed E-state index contributed by atoms with van der Waals surface area (Å²) in [6, 6.07) is 18.2. The highest BCUT2D eigenvalue weighted by Gasteiger charge is 2.09. The minimum atomic E-state index is 0.233. The van der Waals surface area contributed by atoms with Crippen molar-refractivity contribution in [1.82, 2.24) is 19.8 Å². The number of anilines is 2. The van der Waals surface area contributed by atoms with Crippen LogP contribution in [0.25, 0.3) is 5.65 Å².